The van der Waals surface area contributed by atoms with Crippen LogP contribution in [-0.2, 0) is 4.79 Å². The molecule has 0 atom stereocenters. The molecule has 0 saturated carbocycles. The molecule has 0 aromatic rings. The molecular weight excluding hydrogens is 206 g/mol. The Morgan fingerprint density at radius 3 is 2.12 bits per heavy atom. The molecule has 0 heterocycles. The summed E-state index contributed by atoms with van der Waals surface area (Å²) in [5.74, 6) is -0.213. The molecule has 0 unspecified atom stereocenters. The highest BCUT2D eigenvalue weighted by molar-refractivity contribution is 5.73. The highest BCUT2D eigenvalue weighted by Gasteiger charge is 1.96. The van der Waals surface area contributed by atoms with Gasteiger partial charge in [-0.05, 0) is 12.8 Å². The fraction of sp³-hybridized carbons (Fsp3) is 0.818. The normalized spacial score (nSPS) is 9.81. The average Bonchev–Trinajstić information content (AvgIpc) is 2.26. The Labute approximate surface area is 97.2 Å². The van der Waals surface area contributed by atoms with Gasteiger partial charge in [0, 0.05) is 20.0 Å². The van der Waals surface area contributed by atoms with E-state index in [1.807, 2.05) is 0 Å². The second-order valence-corrected chi connectivity index (χ2v) is 3.84. The maximum Gasteiger partial charge on any atom is 0.314 e. The van der Waals surface area contributed by atoms with Crippen LogP contribution in [-0.4, -0.2) is 25.5 Å². The summed E-state index contributed by atoms with van der Waals surface area (Å²) in [6.45, 7) is 0.723. The van der Waals surface area contributed by atoms with Crippen molar-refractivity contribution in [1.82, 2.24) is 10.6 Å². The number of rotatable bonds is 9. The Hall–Kier alpha value is -1.26. The Kier molecular flexibility index (Phi) is 9.46. The van der Waals surface area contributed by atoms with Crippen LogP contribution >= 0.6 is 0 Å². The molecule has 0 aliphatic rings. The molecule has 5 heteroatoms. The van der Waals surface area contributed by atoms with Crippen LogP contribution in [0.5, 0.6) is 0 Å². The lowest BCUT2D eigenvalue weighted by Crippen LogP contribution is -2.33. The molecule has 0 aliphatic heterocycles. The van der Waals surface area contributed by atoms with Crippen LogP contribution in [0.15, 0.2) is 0 Å². The first kappa shape index (κ1) is 14.7. The summed E-state index contributed by atoms with van der Waals surface area (Å²) in [4.78, 5) is 21.2. The van der Waals surface area contributed by atoms with Crippen LogP contribution in [0.25, 0.3) is 0 Å². The molecule has 94 valence electrons. The molecule has 0 radical (unpaired) electrons. The lowest BCUT2D eigenvalue weighted by Gasteiger charge is -2.03. The molecule has 0 fully saturated rings. The average molecular weight is 229 g/mol. The van der Waals surface area contributed by atoms with E-state index in [0.29, 0.717) is 6.42 Å². The minimum absolute atomic E-state index is 0.124. The molecule has 0 aliphatic carbocycles. The zero-order valence-electron chi connectivity index (χ0n) is 10.1. The Morgan fingerprint density at radius 1 is 1.00 bits per heavy atom. The summed E-state index contributed by atoms with van der Waals surface area (Å²) in [6.07, 6.45) is 6.85. The predicted molar refractivity (Wildman–Crippen MR) is 64.0 cm³/mol. The lowest BCUT2D eigenvalue weighted by molar-refractivity contribution is -0.118. The van der Waals surface area contributed by atoms with Crippen molar-refractivity contribution in [2.75, 3.05) is 13.6 Å². The Balaban J connectivity index is 3.04. The van der Waals surface area contributed by atoms with Crippen molar-refractivity contribution in [2.24, 2.45) is 5.73 Å². The number of carbonyl (C=O) groups is 2. The van der Waals surface area contributed by atoms with Gasteiger partial charge >= 0.3 is 6.03 Å². The van der Waals surface area contributed by atoms with Crippen molar-refractivity contribution in [3.8, 4) is 0 Å². The van der Waals surface area contributed by atoms with E-state index in [0.717, 1.165) is 45.1 Å². The highest BCUT2D eigenvalue weighted by Crippen LogP contribution is 2.06. The van der Waals surface area contributed by atoms with Crippen molar-refractivity contribution >= 4 is 11.9 Å². The van der Waals surface area contributed by atoms with Crippen LogP contribution in [0.2, 0.25) is 0 Å². The molecule has 0 aromatic carbocycles. The maximum absolute atomic E-state index is 10.8. The summed E-state index contributed by atoms with van der Waals surface area (Å²) < 4.78 is 0. The number of urea groups is 1. The van der Waals surface area contributed by atoms with E-state index in [4.69, 9.17) is 5.73 Å². The fourth-order valence-electron chi connectivity index (χ4n) is 1.42. The van der Waals surface area contributed by atoms with Crippen molar-refractivity contribution < 1.29 is 9.59 Å². The second kappa shape index (κ2) is 10.3. The number of primary amides is 1. The standard InChI is InChI=1S/C11H23N3O2/c1-13-11(16)14-9-7-5-3-2-4-6-8-10(12)15/h2-9H2,1H3,(H2,12,15)(H2,13,14,16). The fourth-order valence-corrected chi connectivity index (χ4v) is 1.42. The van der Waals surface area contributed by atoms with E-state index >= 15 is 0 Å². The van der Waals surface area contributed by atoms with Gasteiger partial charge in [0.15, 0.2) is 0 Å². The van der Waals surface area contributed by atoms with Crippen LogP contribution in [0.4, 0.5) is 4.79 Å². The smallest absolute Gasteiger partial charge is 0.314 e. The largest absolute Gasteiger partial charge is 0.370 e. The SMILES string of the molecule is CNC(=O)NCCCCCCCCC(N)=O. The van der Waals surface area contributed by atoms with E-state index in [1.165, 1.54) is 0 Å². The molecule has 0 bridgehead atoms. The van der Waals surface area contributed by atoms with Crippen LogP contribution in [0, 0.1) is 0 Å². The molecule has 3 amide bonds. The molecule has 16 heavy (non-hydrogen) atoms. The maximum atomic E-state index is 10.8. The number of hydrogen-bond acceptors (Lipinski definition) is 2. The van der Waals surface area contributed by atoms with Gasteiger partial charge in [-0.15, -0.1) is 0 Å². The molecule has 0 rings (SSSR count). The van der Waals surface area contributed by atoms with Crippen molar-refractivity contribution in [3.05, 3.63) is 0 Å². The first-order chi connectivity index (χ1) is 7.66. The minimum Gasteiger partial charge on any atom is -0.370 e. The first-order valence-electron chi connectivity index (χ1n) is 5.90. The summed E-state index contributed by atoms with van der Waals surface area (Å²) in [5.41, 5.74) is 5.03. The van der Waals surface area contributed by atoms with Gasteiger partial charge in [0.1, 0.15) is 0 Å². The van der Waals surface area contributed by atoms with Gasteiger partial charge in [0.2, 0.25) is 5.91 Å². The van der Waals surface area contributed by atoms with Gasteiger partial charge in [-0.25, -0.2) is 4.79 Å². The Morgan fingerprint density at radius 2 is 1.56 bits per heavy atom. The van der Waals surface area contributed by atoms with Gasteiger partial charge < -0.3 is 16.4 Å². The molecule has 0 spiro atoms. The number of nitrogens with one attached hydrogen (secondary N) is 2. The van der Waals surface area contributed by atoms with Gasteiger partial charge in [-0.1, -0.05) is 25.7 Å². The topological polar surface area (TPSA) is 84.2 Å². The summed E-state index contributed by atoms with van der Waals surface area (Å²) >= 11 is 0. The molecule has 0 aromatic heterocycles. The zero-order chi connectivity index (χ0) is 12.2. The van der Waals surface area contributed by atoms with Gasteiger partial charge in [0.05, 0.1) is 0 Å². The highest BCUT2D eigenvalue weighted by atomic mass is 16.2. The minimum atomic E-state index is -0.213. The van der Waals surface area contributed by atoms with E-state index in [9.17, 15) is 9.59 Å². The quantitative estimate of drug-likeness (QED) is 0.518. The predicted octanol–water partition coefficient (Wildman–Crippen LogP) is 1.13. The van der Waals surface area contributed by atoms with Gasteiger partial charge in [0.25, 0.3) is 0 Å². The van der Waals surface area contributed by atoms with E-state index in [2.05, 4.69) is 10.6 Å². The third-order valence-electron chi connectivity index (χ3n) is 2.36. The molecule has 5 nitrogen and oxygen atoms in total. The number of carbonyl (C=O) groups excluding carboxylic acids is 2. The monoisotopic (exact) mass is 229 g/mol. The van der Waals surface area contributed by atoms with Crippen molar-refractivity contribution in [1.29, 1.82) is 0 Å². The third kappa shape index (κ3) is 10.8. The zero-order valence-corrected chi connectivity index (χ0v) is 10.1. The van der Waals surface area contributed by atoms with Gasteiger partial charge in [-0.2, -0.15) is 0 Å². The van der Waals surface area contributed by atoms with E-state index in [1.54, 1.807) is 7.05 Å². The summed E-state index contributed by atoms with van der Waals surface area (Å²) in [6, 6.07) is -0.124. The summed E-state index contributed by atoms with van der Waals surface area (Å²) in [5, 5.41) is 5.24. The number of amides is 3. The molecular formula is C11H23N3O2. The van der Waals surface area contributed by atoms with Gasteiger partial charge in [-0.3, -0.25) is 4.79 Å². The third-order valence-corrected chi connectivity index (χ3v) is 2.36. The van der Waals surface area contributed by atoms with Crippen molar-refractivity contribution in [3.63, 3.8) is 0 Å². The van der Waals surface area contributed by atoms with Crippen LogP contribution in [0.3, 0.4) is 0 Å². The lowest BCUT2D eigenvalue weighted by atomic mass is 10.1. The number of unbranched alkanes of at least 4 members (excludes halogenated alkanes) is 5. The Bertz CT molecular complexity index is 207. The number of hydrogen-bond donors (Lipinski definition) is 3. The van der Waals surface area contributed by atoms with Crippen LogP contribution in [0.1, 0.15) is 44.9 Å². The second-order valence-electron chi connectivity index (χ2n) is 3.84. The van der Waals surface area contributed by atoms with E-state index < -0.39 is 0 Å². The summed E-state index contributed by atoms with van der Waals surface area (Å²) in [7, 11) is 1.61. The van der Waals surface area contributed by atoms with Crippen molar-refractivity contribution in [2.45, 2.75) is 44.9 Å². The van der Waals surface area contributed by atoms with E-state index in [-0.39, 0.29) is 11.9 Å². The molecule has 4 N–H and O–H groups in total. The van der Waals surface area contributed by atoms with Crippen LogP contribution < -0.4 is 16.4 Å². The first-order valence-corrected chi connectivity index (χ1v) is 5.90. The number of nitrogens with two attached hydrogens (primary N) is 1. The molecule has 0 saturated heterocycles.